The first-order chi connectivity index (χ1) is 12.7. The Hall–Kier alpha value is -1.22. The number of methoxy groups -OCH3 is 1. The maximum Gasteiger partial charge on any atom is 0.308 e. The summed E-state index contributed by atoms with van der Waals surface area (Å²) in [7, 11) is 1.54. The maximum atomic E-state index is 11.5. The van der Waals surface area contributed by atoms with E-state index in [0.717, 1.165) is 0 Å². The van der Waals surface area contributed by atoms with E-state index in [1.807, 2.05) is 27.7 Å². The van der Waals surface area contributed by atoms with Crippen LogP contribution in [0.15, 0.2) is 0 Å². The molecule has 8 heteroatoms. The molecule has 0 aliphatic rings. The molecule has 0 aliphatic heterocycles. The van der Waals surface area contributed by atoms with E-state index in [-0.39, 0.29) is 57.8 Å². The average molecular weight is 392 g/mol. The zero-order valence-electron chi connectivity index (χ0n) is 17.5. The minimum Gasteiger partial charge on any atom is -0.465 e. The Labute approximate surface area is 163 Å². The summed E-state index contributed by atoms with van der Waals surface area (Å²) in [4.78, 5) is 23.1. The van der Waals surface area contributed by atoms with E-state index in [2.05, 4.69) is 0 Å². The number of rotatable bonds is 16. The fraction of sp³-hybridized carbons (Fsp3) is 0.895. The molecule has 8 nitrogen and oxygen atoms in total. The van der Waals surface area contributed by atoms with E-state index in [1.165, 1.54) is 7.11 Å². The van der Waals surface area contributed by atoms with Gasteiger partial charge in [0.15, 0.2) is 0 Å². The van der Waals surface area contributed by atoms with Gasteiger partial charge in [0.1, 0.15) is 0 Å². The molecule has 0 aromatic heterocycles. The highest BCUT2D eigenvalue weighted by Crippen LogP contribution is 2.06. The molecule has 0 atom stereocenters. The van der Waals surface area contributed by atoms with Crippen LogP contribution in [0.25, 0.3) is 0 Å². The molecule has 0 aromatic rings. The summed E-state index contributed by atoms with van der Waals surface area (Å²) in [5.41, 5.74) is 5.37. The third-order valence-electron chi connectivity index (χ3n) is 3.27. The molecule has 0 unspecified atom stereocenters. The van der Waals surface area contributed by atoms with Gasteiger partial charge in [-0.05, 0) is 11.8 Å². The molecule has 0 saturated carbocycles. The number of esters is 2. The van der Waals surface area contributed by atoms with Crippen molar-refractivity contribution in [1.82, 2.24) is 0 Å². The lowest BCUT2D eigenvalue weighted by atomic mass is 10.1. The highest BCUT2D eigenvalue weighted by Gasteiger charge is 2.26. The molecule has 0 saturated heterocycles. The maximum absolute atomic E-state index is 11.5. The summed E-state index contributed by atoms with van der Waals surface area (Å²) in [6.07, 6.45) is 0.330. The van der Waals surface area contributed by atoms with Gasteiger partial charge in [-0.1, -0.05) is 27.7 Å². The predicted octanol–water partition coefficient (Wildman–Crippen LogP) is 1.54. The molecular weight excluding hydrogens is 354 g/mol. The molecule has 0 aromatic carbocycles. The van der Waals surface area contributed by atoms with Crippen molar-refractivity contribution in [3.05, 3.63) is 0 Å². The van der Waals surface area contributed by atoms with E-state index < -0.39 is 5.54 Å². The highest BCUT2D eigenvalue weighted by atomic mass is 16.5. The van der Waals surface area contributed by atoms with Gasteiger partial charge in [0.2, 0.25) is 0 Å². The number of nitrogens with two attached hydrogens (primary N) is 1. The Kier molecular flexibility index (Phi) is 14.1. The van der Waals surface area contributed by atoms with Crippen LogP contribution in [-0.4, -0.2) is 70.8 Å². The van der Waals surface area contributed by atoms with Crippen molar-refractivity contribution in [3.63, 3.8) is 0 Å². The predicted molar refractivity (Wildman–Crippen MR) is 101 cm³/mol. The average Bonchev–Trinajstić information content (AvgIpc) is 2.59. The Morgan fingerprint density at radius 2 is 1.22 bits per heavy atom. The Balaban J connectivity index is 4.02. The smallest absolute Gasteiger partial charge is 0.308 e. The summed E-state index contributed by atoms with van der Waals surface area (Å²) in [6, 6.07) is 0. The van der Waals surface area contributed by atoms with E-state index in [0.29, 0.717) is 25.0 Å². The third-order valence-corrected chi connectivity index (χ3v) is 3.27. The lowest BCUT2D eigenvalue weighted by Crippen LogP contribution is -2.53. The van der Waals surface area contributed by atoms with Crippen LogP contribution in [0.1, 0.15) is 40.5 Å². The van der Waals surface area contributed by atoms with E-state index in [9.17, 15) is 9.59 Å². The largest absolute Gasteiger partial charge is 0.465 e. The molecule has 0 aliphatic carbocycles. The SMILES string of the molecule is COCC(N)(COCCC(=O)OCC(C)C)COCCC(=O)OCC(C)C. The van der Waals surface area contributed by atoms with Gasteiger partial charge in [0.25, 0.3) is 0 Å². The summed E-state index contributed by atoms with van der Waals surface area (Å²) < 4.78 is 26.3. The third kappa shape index (κ3) is 15.5. The van der Waals surface area contributed by atoms with Gasteiger partial charge in [-0.2, -0.15) is 0 Å². The van der Waals surface area contributed by atoms with Crippen LogP contribution in [0.5, 0.6) is 0 Å². The van der Waals surface area contributed by atoms with Crippen LogP contribution < -0.4 is 5.73 Å². The van der Waals surface area contributed by atoms with Gasteiger partial charge in [-0.15, -0.1) is 0 Å². The number of carbonyl (C=O) groups is 2. The van der Waals surface area contributed by atoms with Crippen LogP contribution in [0, 0.1) is 11.8 Å². The molecule has 0 bridgehead atoms. The highest BCUT2D eigenvalue weighted by molar-refractivity contribution is 5.69. The summed E-state index contributed by atoms with van der Waals surface area (Å²) in [6.45, 7) is 9.66. The monoisotopic (exact) mass is 391 g/mol. The molecule has 0 fully saturated rings. The van der Waals surface area contributed by atoms with Crippen LogP contribution >= 0.6 is 0 Å². The number of carbonyl (C=O) groups excluding carboxylic acids is 2. The topological polar surface area (TPSA) is 106 Å². The second-order valence-corrected chi connectivity index (χ2v) is 7.55. The quantitative estimate of drug-likeness (QED) is 0.312. The van der Waals surface area contributed by atoms with Crippen molar-refractivity contribution in [1.29, 1.82) is 0 Å². The second kappa shape index (κ2) is 14.8. The first kappa shape index (κ1) is 25.8. The van der Waals surface area contributed by atoms with Crippen LogP contribution in [0.3, 0.4) is 0 Å². The van der Waals surface area contributed by atoms with E-state index in [4.69, 9.17) is 29.4 Å². The molecule has 27 heavy (non-hydrogen) atoms. The van der Waals surface area contributed by atoms with Gasteiger partial charge in [0, 0.05) is 7.11 Å². The first-order valence-corrected chi connectivity index (χ1v) is 9.43. The fourth-order valence-electron chi connectivity index (χ4n) is 1.94. The van der Waals surface area contributed by atoms with Crippen LogP contribution in [0.4, 0.5) is 0 Å². The molecule has 0 radical (unpaired) electrons. The summed E-state index contributed by atoms with van der Waals surface area (Å²) in [5, 5.41) is 0. The van der Waals surface area contributed by atoms with Gasteiger partial charge < -0.3 is 29.4 Å². The zero-order valence-corrected chi connectivity index (χ0v) is 17.5. The molecule has 2 N–H and O–H groups in total. The number of hydrogen-bond donors (Lipinski definition) is 1. The minimum absolute atomic E-state index is 0.163. The lowest BCUT2D eigenvalue weighted by Gasteiger charge is -2.28. The standard InChI is InChI=1S/C19H37NO7/c1-15(2)10-26-17(21)6-8-24-13-19(20,12-23-5)14-25-9-7-18(22)27-11-16(3)4/h15-16H,6-14,20H2,1-5H3. The fourth-order valence-corrected chi connectivity index (χ4v) is 1.94. The van der Waals surface area contributed by atoms with Crippen molar-refractivity contribution in [3.8, 4) is 0 Å². The molecule has 0 spiro atoms. The van der Waals surface area contributed by atoms with Crippen molar-refractivity contribution in [2.24, 2.45) is 17.6 Å². The zero-order chi connectivity index (χ0) is 20.7. The minimum atomic E-state index is -0.863. The molecule has 0 heterocycles. The second-order valence-electron chi connectivity index (χ2n) is 7.55. The summed E-state index contributed by atoms with van der Waals surface area (Å²) in [5.74, 6) is 0.00424. The van der Waals surface area contributed by atoms with Gasteiger partial charge >= 0.3 is 11.9 Å². The van der Waals surface area contributed by atoms with Crippen molar-refractivity contribution in [2.45, 2.75) is 46.1 Å². The van der Waals surface area contributed by atoms with Crippen molar-refractivity contribution in [2.75, 3.05) is 53.4 Å². The Bertz CT molecular complexity index is 381. The number of ether oxygens (including phenoxy) is 5. The van der Waals surface area contributed by atoms with E-state index in [1.54, 1.807) is 0 Å². The molecule has 0 amide bonds. The number of hydrogen-bond acceptors (Lipinski definition) is 8. The first-order valence-electron chi connectivity index (χ1n) is 9.43. The normalized spacial score (nSPS) is 11.9. The molecular formula is C19H37NO7. The van der Waals surface area contributed by atoms with Crippen LogP contribution in [-0.2, 0) is 33.3 Å². The molecule has 160 valence electrons. The Morgan fingerprint density at radius 1 is 0.815 bits per heavy atom. The Morgan fingerprint density at radius 3 is 1.56 bits per heavy atom. The van der Waals surface area contributed by atoms with Crippen molar-refractivity contribution >= 4 is 11.9 Å². The van der Waals surface area contributed by atoms with Gasteiger partial charge in [-0.3, -0.25) is 9.59 Å². The molecule has 0 rings (SSSR count). The van der Waals surface area contributed by atoms with Crippen molar-refractivity contribution < 1.29 is 33.3 Å². The van der Waals surface area contributed by atoms with Crippen LogP contribution in [0.2, 0.25) is 0 Å². The lowest BCUT2D eigenvalue weighted by molar-refractivity contribution is -0.146. The summed E-state index contributed by atoms with van der Waals surface area (Å²) >= 11 is 0. The van der Waals surface area contributed by atoms with E-state index >= 15 is 0 Å². The van der Waals surface area contributed by atoms with Gasteiger partial charge in [-0.25, -0.2) is 0 Å². The van der Waals surface area contributed by atoms with Gasteiger partial charge in [0.05, 0.1) is 64.6 Å².